The standard InChI is InChI=1S/C28H19N7S/c1-17-23-27(35(34-17)19-12-6-3-7-13-19)31-24-20-14-8-9-15-21(20)25(26(24)30-23)32-33-28-29-22(16-36-28)18-10-4-2-5-11-18/h2-16,34H,1H3. The smallest absolute Gasteiger partial charge is 0.230 e. The van der Waals surface area contributed by atoms with Gasteiger partial charge in [-0.05, 0) is 19.1 Å². The lowest BCUT2D eigenvalue weighted by Gasteiger charge is -2.03. The number of H-pyrrole nitrogens is 1. The lowest BCUT2D eigenvalue weighted by molar-refractivity contribution is 0.879. The topological polar surface area (TPSA) is 84.1 Å². The molecule has 172 valence electrons. The van der Waals surface area contributed by atoms with Crippen molar-refractivity contribution in [2.24, 2.45) is 10.2 Å². The Balaban J connectivity index is 1.40. The number of thiazole rings is 1. The van der Waals surface area contributed by atoms with Crippen LogP contribution >= 0.6 is 11.3 Å². The maximum atomic E-state index is 5.08. The molecule has 3 aromatic heterocycles. The molecule has 8 heteroatoms. The second-order valence-electron chi connectivity index (χ2n) is 8.48. The van der Waals surface area contributed by atoms with Crippen molar-refractivity contribution in [1.82, 2.24) is 24.7 Å². The fraction of sp³-hybridized carbons (Fsp3) is 0.0357. The van der Waals surface area contributed by atoms with Crippen LogP contribution in [0.25, 0.3) is 49.9 Å². The number of para-hydroxylation sites is 1. The molecule has 0 aliphatic heterocycles. The third-order valence-corrected chi connectivity index (χ3v) is 6.92. The Labute approximate surface area is 209 Å². The van der Waals surface area contributed by atoms with E-state index in [9.17, 15) is 0 Å². The Morgan fingerprint density at radius 2 is 1.44 bits per heavy atom. The molecule has 36 heavy (non-hydrogen) atoms. The zero-order valence-electron chi connectivity index (χ0n) is 19.3. The van der Waals surface area contributed by atoms with Crippen molar-refractivity contribution < 1.29 is 0 Å². The summed E-state index contributed by atoms with van der Waals surface area (Å²) in [5, 5.41) is 17.1. The Morgan fingerprint density at radius 1 is 0.722 bits per heavy atom. The summed E-state index contributed by atoms with van der Waals surface area (Å²) in [6, 6.07) is 28.3. The molecule has 0 fully saturated rings. The molecule has 0 spiro atoms. The van der Waals surface area contributed by atoms with E-state index in [2.05, 4.69) is 26.4 Å². The zero-order valence-corrected chi connectivity index (χ0v) is 20.1. The van der Waals surface area contributed by atoms with Crippen molar-refractivity contribution in [3.63, 3.8) is 0 Å². The Hall–Kier alpha value is -4.69. The normalized spacial score (nSPS) is 11.9. The van der Waals surface area contributed by atoms with E-state index < -0.39 is 0 Å². The summed E-state index contributed by atoms with van der Waals surface area (Å²) < 4.78 is 1.97. The van der Waals surface area contributed by atoms with Crippen LogP contribution in [0.4, 0.5) is 10.8 Å². The van der Waals surface area contributed by atoms with Crippen LogP contribution in [0.1, 0.15) is 5.69 Å². The van der Waals surface area contributed by atoms with Gasteiger partial charge >= 0.3 is 0 Å². The van der Waals surface area contributed by atoms with Crippen molar-refractivity contribution in [2.75, 3.05) is 0 Å². The average molecular weight is 486 g/mol. The van der Waals surface area contributed by atoms with Gasteiger partial charge in [0.15, 0.2) is 5.65 Å². The molecule has 0 unspecified atom stereocenters. The Morgan fingerprint density at radius 3 is 2.25 bits per heavy atom. The first-order chi connectivity index (χ1) is 17.8. The van der Waals surface area contributed by atoms with Gasteiger partial charge in [0.05, 0.1) is 17.1 Å². The molecule has 0 bridgehead atoms. The number of aromatic nitrogens is 5. The van der Waals surface area contributed by atoms with Crippen LogP contribution in [0.3, 0.4) is 0 Å². The first-order valence-electron chi connectivity index (χ1n) is 11.5. The molecule has 0 radical (unpaired) electrons. The second kappa shape index (κ2) is 8.21. The summed E-state index contributed by atoms with van der Waals surface area (Å²) in [5.41, 5.74) is 7.70. The van der Waals surface area contributed by atoms with Crippen molar-refractivity contribution in [1.29, 1.82) is 0 Å². The molecule has 7 nitrogen and oxygen atoms in total. The molecule has 4 aromatic carbocycles. The van der Waals surface area contributed by atoms with Crippen molar-refractivity contribution in [3.05, 3.63) is 96.0 Å². The zero-order chi connectivity index (χ0) is 24.1. The quantitative estimate of drug-likeness (QED) is 0.257. The number of fused-ring (bicyclic) bond motifs is 4. The van der Waals surface area contributed by atoms with Crippen LogP contribution < -0.4 is 0 Å². The minimum Gasteiger partial charge on any atom is -0.294 e. The Kier molecular flexibility index (Phi) is 4.71. The molecule has 7 aromatic rings. The minimum atomic E-state index is 0.598. The predicted octanol–water partition coefficient (Wildman–Crippen LogP) is 7.90. The van der Waals surface area contributed by atoms with Gasteiger partial charge in [0.1, 0.15) is 22.2 Å². The van der Waals surface area contributed by atoms with E-state index >= 15 is 0 Å². The SMILES string of the molecule is Cc1[nH]n(-c2ccccc2)c2nc3c(nc12)c(N=Nc1nc(-c2ccccc2)cs1)c1ccccc13. The molecule has 7 rings (SSSR count). The fourth-order valence-electron chi connectivity index (χ4n) is 4.49. The van der Waals surface area contributed by atoms with Gasteiger partial charge in [0.2, 0.25) is 5.13 Å². The summed E-state index contributed by atoms with van der Waals surface area (Å²) in [4.78, 5) is 14.8. The van der Waals surface area contributed by atoms with Gasteiger partial charge in [-0.1, -0.05) is 72.8 Å². The Bertz CT molecular complexity index is 1900. The van der Waals surface area contributed by atoms with Gasteiger partial charge in [-0.25, -0.2) is 19.6 Å². The van der Waals surface area contributed by atoms with Crippen LogP contribution in [-0.4, -0.2) is 24.7 Å². The van der Waals surface area contributed by atoms with Gasteiger partial charge in [-0.3, -0.25) is 5.10 Å². The number of azo groups is 1. The van der Waals surface area contributed by atoms with E-state index in [1.807, 2.05) is 95.8 Å². The van der Waals surface area contributed by atoms with E-state index in [-0.39, 0.29) is 0 Å². The van der Waals surface area contributed by atoms with Crippen LogP contribution in [0, 0.1) is 6.92 Å². The molecule has 0 atom stereocenters. The van der Waals surface area contributed by atoms with E-state index in [1.165, 1.54) is 11.3 Å². The largest absolute Gasteiger partial charge is 0.294 e. The summed E-state index contributed by atoms with van der Waals surface area (Å²) in [6.45, 7) is 2.01. The molecule has 0 aliphatic rings. The molecular formula is C28H19N7S. The van der Waals surface area contributed by atoms with Crippen molar-refractivity contribution in [2.45, 2.75) is 6.92 Å². The number of rotatable bonds is 4. The third kappa shape index (κ3) is 3.30. The van der Waals surface area contributed by atoms with Crippen LogP contribution in [0.15, 0.2) is 101 Å². The van der Waals surface area contributed by atoms with E-state index in [0.717, 1.165) is 55.6 Å². The highest BCUT2D eigenvalue weighted by atomic mass is 32.1. The van der Waals surface area contributed by atoms with Gasteiger partial charge in [-0.2, -0.15) is 0 Å². The number of nitrogens with one attached hydrogen (secondary N) is 1. The third-order valence-electron chi connectivity index (χ3n) is 6.20. The van der Waals surface area contributed by atoms with E-state index in [4.69, 9.17) is 9.97 Å². The van der Waals surface area contributed by atoms with Gasteiger partial charge in [0, 0.05) is 21.7 Å². The van der Waals surface area contributed by atoms with Gasteiger partial charge in [-0.15, -0.1) is 21.6 Å². The number of hydrogen-bond acceptors (Lipinski definition) is 6. The molecule has 1 N–H and O–H groups in total. The molecular weight excluding hydrogens is 466 g/mol. The summed E-state index contributed by atoms with van der Waals surface area (Å²) in [5.74, 6) is 0. The maximum absolute atomic E-state index is 5.08. The molecule has 3 heterocycles. The average Bonchev–Trinajstić information content (AvgIpc) is 3.62. The summed E-state index contributed by atoms with van der Waals surface area (Å²) in [6.07, 6.45) is 0. The van der Waals surface area contributed by atoms with Crippen molar-refractivity contribution >= 4 is 55.1 Å². The van der Waals surface area contributed by atoms with E-state index in [1.54, 1.807) is 0 Å². The van der Waals surface area contributed by atoms with E-state index in [0.29, 0.717) is 10.8 Å². The first-order valence-corrected chi connectivity index (χ1v) is 12.4. The molecule has 0 aliphatic carbocycles. The second-order valence-corrected chi connectivity index (χ2v) is 9.31. The number of benzene rings is 3. The lowest BCUT2D eigenvalue weighted by Crippen LogP contribution is -1.97. The fourth-order valence-corrected chi connectivity index (χ4v) is 5.14. The highest BCUT2D eigenvalue weighted by Gasteiger charge is 2.19. The van der Waals surface area contributed by atoms with Crippen LogP contribution in [-0.2, 0) is 0 Å². The predicted molar refractivity (Wildman–Crippen MR) is 145 cm³/mol. The highest BCUT2D eigenvalue weighted by Crippen LogP contribution is 2.40. The molecule has 0 saturated carbocycles. The molecule has 0 saturated heterocycles. The van der Waals surface area contributed by atoms with Gasteiger partial charge in [0.25, 0.3) is 0 Å². The van der Waals surface area contributed by atoms with Gasteiger partial charge < -0.3 is 0 Å². The lowest BCUT2D eigenvalue weighted by atomic mass is 10.2. The van der Waals surface area contributed by atoms with Crippen LogP contribution in [0.2, 0.25) is 0 Å². The van der Waals surface area contributed by atoms with Crippen LogP contribution in [0.5, 0.6) is 0 Å². The number of nitrogens with zero attached hydrogens (tertiary/aromatic N) is 6. The van der Waals surface area contributed by atoms with Crippen molar-refractivity contribution in [3.8, 4) is 16.9 Å². The minimum absolute atomic E-state index is 0.598. The number of hydrogen-bond donors (Lipinski definition) is 1. The summed E-state index contributed by atoms with van der Waals surface area (Å²) in [7, 11) is 0. The monoisotopic (exact) mass is 485 g/mol. The number of aromatic amines is 1. The first kappa shape index (κ1) is 20.7. The number of aryl methyl sites for hydroxylation is 1. The highest BCUT2D eigenvalue weighted by molar-refractivity contribution is 7.13. The summed E-state index contributed by atoms with van der Waals surface area (Å²) >= 11 is 1.47. The maximum Gasteiger partial charge on any atom is 0.230 e. The molecule has 0 amide bonds.